The van der Waals surface area contributed by atoms with Gasteiger partial charge in [0, 0.05) is 21.8 Å². The molecule has 0 radical (unpaired) electrons. The molecule has 1 N–H and O–H groups in total. The Morgan fingerprint density at radius 1 is 1.17 bits per heavy atom. The molecule has 2 aromatic carbocycles. The van der Waals surface area contributed by atoms with Crippen molar-refractivity contribution < 1.29 is 9.53 Å². The molecule has 1 aromatic heterocycles. The normalized spacial score (nSPS) is 10.5. The number of hydrogen-bond acceptors (Lipinski definition) is 3. The van der Waals surface area contributed by atoms with Gasteiger partial charge in [-0.25, -0.2) is 4.68 Å². The third-order valence-electron chi connectivity index (χ3n) is 3.53. The molecule has 0 aliphatic heterocycles. The zero-order chi connectivity index (χ0) is 17.1. The summed E-state index contributed by atoms with van der Waals surface area (Å²) in [4.78, 5) is 12.3. The molecule has 3 rings (SSSR count). The van der Waals surface area contributed by atoms with E-state index >= 15 is 0 Å². The van der Waals surface area contributed by atoms with Gasteiger partial charge >= 0.3 is 0 Å². The van der Waals surface area contributed by atoms with E-state index in [1.54, 1.807) is 23.9 Å². The summed E-state index contributed by atoms with van der Waals surface area (Å²) in [7, 11) is 1.63. The van der Waals surface area contributed by atoms with Crippen LogP contribution in [0.5, 0.6) is 5.75 Å². The van der Waals surface area contributed by atoms with Crippen molar-refractivity contribution in [1.29, 1.82) is 0 Å². The summed E-state index contributed by atoms with van der Waals surface area (Å²) in [5.74, 6) is 1.09. The van der Waals surface area contributed by atoms with Crippen LogP contribution < -0.4 is 10.1 Å². The second-order valence-electron chi connectivity index (χ2n) is 5.25. The van der Waals surface area contributed by atoms with E-state index in [1.807, 2.05) is 49.4 Å². The van der Waals surface area contributed by atoms with Gasteiger partial charge in [0.1, 0.15) is 5.75 Å². The van der Waals surface area contributed by atoms with Crippen LogP contribution in [0.3, 0.4) is 0 Å². The summed E-state index contributed by atoms with van der Waals surface area (Å²) in [6, 6.07) is 16.6. The number of nitrogens with one attached hydrogen (secondary N) is 1. The summed E-state index contributed by atoms with van der Waals surface area (Å²) in [6.07, 6.45) is 0. The number of aryl methyl sites for hydroxylation is 1. The van der Waals surface area contributed by atoms with E-state index in [9.17, 15) is 4.79 Å². The molecular formula is C18H16BrN3O2. The van der Waals surface area contributed by atoms with Crippen molar-refractivity contribution in [2.75, 3.05) is 12.4 Å². The van der Waals surface area contributed by atoms with E-state index in [2.05, 4.69) is 26.3 Å². The maximum Gasteiger partial charge on any atom is 0.256 e. The van der Waals surface area contributed by atoms with Gasteiger partial charge in [-0.2, -0.15) is 0 Å². The smallest absolute Gasteiger partial charge is 0.256 e. The van der Waals surface area contributed by atoms with Crippen molar-refractivity contribution in [2.24, 2.45) is 0 Å². The third-order valence-corrected chi connectivity index (χ3v) is 4.03. The van der Waals surface area contributed by atoms with Crippen molar-refractivity contribution in [2.45, 2.75) is 6.92 Å². The number of rotatable bonds is 4. The monoisotopic (exact) mass is 385 g/mol. The molecule has 122 valence electrons. The maximum atomic E-state index is 12.3. The summed E-state index contributed by atoms with van der Waals surface area (Å²) in [6.45, 7) is 1.94. The molecule has 0 aliphatic carbocycles. The molecular weight excluding hydrogens is 370 g/mol. The lowest BCUT2D eigenvalue weighted by Gasteiger charge is -2.05. The molecule has 24 heavy (non-hydrogen) atoms. The lowest BCUT2D eigenvalue weighted by Crippen LogP contribution is -2.12. The van der Waals surface area contributed by atoms with Crippen LogP contribution in [0.15, 0.2) is 59.1 Å². The number of anilines is 1. The minimum atomic E-state index is -0.198. The molecule has 0 unspecified atom stereocenters. The Hall–Kier alpha value is -2.60. The van der Waals surface area contributed by atoms with Crippen LogP contribution in [-0.2, 0) is 0 Å². The molecule has 1 heterocycles. The largest absolute Gasteiger partial charge is 0.497 e. The second kappa shape index (κ2) is 6.88. The number of benzene rings is 2. The van der Waals surface area contributed by atoms with Crippen molar-refractivity contribution in [1.82, 2.24) is 9.78 Å². The van der Waals surface area contributed by atoms with Gasteiger partial charge in [0.15, 0.2) is 5.82 Å². The van der Waals surface area contributed by atoms with Crippen LogP contribution in [0, 0.1) is 6.92 Å². The third kappa shape index (κ3) is 3.49. The first kappa shape index (κ1) is 16.3. The van der Waals surface area contributed by atoms with E-state index < -0.39 is 0 Å². The SMILES string of the molecule is COc1ccc(-n2nc(NC(=O)c3cccc(Br)c3)cc2C)cc1. The van der Waals surface area contributed by atoms with Crippen molar-refractivity contribution in [3.63, 3.8) is 0 Å². The molecule has 5 nitrogen and oxygen atoms in total. The number of amides is 1. The highest BCUT2D eigenvalue weighted by Gasteiger charge is 2.11. The summed E-state index contributed by atoms with van der Waals surface area (Å²) in [5, 5.41) is 7.28. The molecule has 0 saturated heterocycles. The van der Waals surface area contributed by atoms with Crippen molar-refractivity contribution in [3.05, 3.63) is 70.3 Å². The van der Waals surface area contributed by atoms with Crippen molar-refractivity contribution >= 4 is 27.7 Å². The fourth-order valence-electron chi connectivity index (χ4n) is 2.34. The number of hydrogen-bond donors (Lipinski definition) is 1. The molecule has 0 saturated carbocycles. The van der Waals surface area contributed by atoms with E-state index in [4.69, 9.17) is 4.74 Å². The average Bonchev–Trinajstić information content (AvgIpc) is 2.95. The lowest BCUT2D eigenvalue weighted by molar-refractivity contribution is 0.102. The Bertz CT molecular complexity index is 872. The Morgan fingerprint density at radius 3 is 2.58 bits per heavy atom. The van der Waals surface area contributed by atoms with Gasteiger partial charge in [0.25, 0.3) is 5.91 Å². The molecule has 0 bridgehead atoms. The first-order valence-corrected chi connectivity index (χ1v) is 8.14. The topological polar surface area (TPSA) is 56.1 Å². The Morgan fingerprint density at radius 2 is 1.92 bits per heavy atom. The van der Waals surface area contributed by atoms with Gasteiger partial charge < -0.3 is 10.1 Å². The maximum absolute atomic E-state index is 12.3. The minimum absolute atomic E-state index is 0.198. The average molecular weight is 386 g/mol. The Balaban J connectivity index is 1.82. The summed E-state index contributed by atoms with van der Waals surface area (Å²) < 4.78 is 7.79. The van der Waals surface area contributed by atoms with Crippen LogP contribution in [0.1, 0.15) is 16.1 Å². The quantitative estimate of drug-likeness (QED) is 0.731. The fourth-order valence-corrected chi connectivity index (χ4v) is 2.74. The number of methoxy groups -OCH3 is 1. The van der Waals surface area contributed by atoms with Crippen LogP contribution in [0.25, 0.3) is 5.69 Å². The standard InChI is InChI=1S/C18H16BrN3O2/c1-12-10-17(20-18(23)13-4-3-5-14(19)11-13)21-22(12)15-6-8-16(24-2)9-7-15/h3-11H,1-2H3,(H,20,21,23). The molecule has 3 aromatic rings. The van der Waals surface area contributed by atoms with Crippen LogP contribution in [-0.4, -0.2) is 22.8 Å². The molecule has 0 atom stereocenters. The lowest BCUT2D eigenvalue weighted by atomic mass is 10.2. The molecule has 0 spiro atoms. The molecule has 0 aliphatic rings. The Kier molecular flexibility index (Phi) is 4.66. The summed E-state index contributed by atoms with van der Waals surface area (Å²) >= 11 is 3.36. The van der Waals surface area contributed by atoms with Crippen LogP contribution >= 0.6 is 15.9 Å². The number of aromatic nitrogens is 2. The summed E-state index contributed by atoms with van der Waals surface area (Å²) in [5.41, 5.74) is 2.39. The van der Waals surface area contributed by atoms with Gasteiger partial charge in [-0.05, 0) is 49.4 Å². The van der Waals surface area contributed by atoms with E-state index in [0.717, 1.165) is 21.6 Å². The van der Waals surface area contributed by atoms with Crippen LogP contribution in [0.4, 0.5) is 5.82 Å². The molecule has 1 amide bonds. The fraction of sp³-hybridized carbons (Fsp3) is 0.111. The van der Waals surface area contributed by atoms with Gasteiger partial charge in [-0.1, -0.05) is 22.0 Å². The molecule has 6 heteroatoms. The molecule has 0 fully saturated rings. The first-order chi connectivity index (χ1) is 11.6. The highest BCUT2D eigenvalue weighted by Crippen LogP contribution is 2.19. The predicted octanol–water partition coefficient (Wildman–Crippen LogP) is 4.20. The highest BCUT2D eigenvalue weighted by atomic mass is 79.9. The first-order valence-electron chi connectivity index (χ1n) is 7.35. The van der Waals surface area contributed by atoms with E-state index in [1.165, 1.54) is 0 Å². The van der Waals surface area contributed by atoms with Gasteiger partial charge in [0.05, 0.1) is 12.8 Å². The Labute approximate surface area is 148 Å². The number of ether oxygens (including phenoxy) is 1. The second-order valence-corrected chi connectivity index (χ2v) is 6.16. The highest BCUT2D eigenvalue weighted by molar-refractivity contribution is 9.10. The predicted molar refractivity (Wildman–Crippen MR) is 96.9 cm³/mol. The van der Waals surface area contributed by atoms with Crippen LogP contribution in [0.2, 0.25) is 0 Å². The van der Waals surface area contributed by atoms with Crippen molar-refractivity contribution in [3.8, 4) is 11.4 Å². The zero-order valence-electron chi connectivity index (χ0n) is 13.3. The number of carbonyl (C=O) groups excluding carboxylic acids is 1. The number of halogens is 1. The van der Waals surface area contributed by atoms with E-state index in [0.29, 0.717) is 11.4 Å². The number of nitrogens with zero attached hydrogens (tertiary/aromatic N) is 2. The number of carbonyl (C=O) groups is 1. The minimum Gasteiger partial charge on any atom is -0.497 e. The van der Waals surface area contributed by atoms with E-state index in [-0.39, 0.29) is 5.91 Å². The zero-order valence-corrected chi connectivity index (χ0v) is 14.9. The van der Waals surface area contributed by atoms with Gasteiger partial charge in [-0.15, -0.1) is 5.10 Å². The van der Waals surface area contributed by atoms with Gasteiger partial charge in [0.2, 0.25) is 0 Å². The van der Waals surface area contributed by atoms with Gasteiger partial charge in [-0.3, -0.25) is 4.79 Å².